The minimum atomic E-state index is -0.753. The van der Waals surface area contributed by atoms with Crippen molar-refractivity contribution in [3.8, 4) is 0 Å². The lowest BCUT2D eigenvalue weighted by Gasteiger charge is -2.07. The second-order valence-corrected chi connectivity index (χ2v) is 5.28. The van der Waals surface area contributed by atoms with Gasteiger partial charge in [0.1, 0.15) is 5.82 Å². The van der Waals surface area contributed by atoms with Gasteiger partial charge in [0.05, 0.1) is 6.20 Å². The SMILES string of the molecule is CS(=O)CCCNc1nc(N)cn2ccnc12. The Balaban J connectivity index is 2.07. The van der Waals surface area contributed by atoms with Crippen LogP contribution in [-0.4, -0.2) is 37.1 Å². The topological polar surface area (TPSA) is 85.3 Å². The molecule has 2 aromatic rings. The van der Waals surface area contributed by atoms with Crippen LogP contribution < -0.4 is 11.1 Å². The Morgan fingerprint density at radius 3 is 3.18 bits per heavy atom. The molecule has 2 heterocycles. The van der Waals surface area contributed by atoms with Crippen molar-refractivity contribution in [2.75, 3.05) is 29.6 Å². The second kappa shape index (κ2) is 5.13. The van der Waals surface area contributed by atoms with Gasteiger partial charge in [0, 0.05) is 41.7 Å². The van der Waals surface area contributed by atoms with Gasteiger partial charge in [-0.15, -0.1) is 0 Å². The van der Waals surface area contributed by atoms with Crippen LogP contribution in [0.4, 0.5) is 11.6 Å². The monoisotopic (exact) mass is 253 g/mol. The van der Waals surface area contributed by atoms with E-state index in [0.717, 1.165) is 12.1 Å². The van der Waals surface area contributed by atoms with Gasteiger partial charge in [-0.1, -0.05) is 0 Å². The Labute approximate surface area is 102 Å². The third kappa shape index (κ3) is 2.94. The number of fused-ring (bicyclic) bond motifs is 1. The van der Waals surface area contributed by atoms with Crippen molar-refractivity contribution in [3.63, 3.8) is 0 Å². The average Bonchev–Trinajstić information content (AvgIpc) is 2.71. The maximum atomic E-state index is 10.9. The minimum absolute atomic E-state index is 0.442. The fraction of sp³-hybridized carbons (Fsp3) is 0.400. The van der Waals surface area contributed by atoms with E-state index in [9.17, 15) is 4.21 Å². The summed E-state index contributed by atoms with van der Waals surface area (Å²) in [5, 5.41) is 3.16. The third-order valence-electron chi connectivity index (χ3n) is 2.29. The highest BCUT2D eigenvalue weighted by molar-refractivity contribution is 7.84. The molecule has 0 fully saturated rings. The fourth-order valence-corrected chi connectivity index (χ4v) is 2.10. The lowest BCUT2D eigenvalue weighted by atomic mass is 10.4. The summed E-state index contributed by atoms with van der Waals surface area (Å²) >= 11 is 0. The molecule has 3 N–H and O–H groups in total. The molecule has 2 aromatic heterocycles. The van der Waals surface area contributed by atoms with E-state index in [0.29, 0.717) is 23.9 Å². The highest BCUT2D eigenvalue weighted by Crippen LogP contribution is 2.14. The first kappa shape index (κ1) is 11.8. The summed E-state index contributed by atoms with van der Waals surface area (Å²) in [5.74, 6) is 1.79. The van der Waals surface area contributed by atoms with E-state index in [4.69, 9.17) is 5.73 Å². The summed E-state index contributed by atoms with van der Waals surface area (Å²) in [6.07, 6.45) is 7.76. The molecule has 7 heteroatoms. The number of aromatic nitrogens is 3. The van der Waals surface area contributed by atoms with Crippen molar-refractivity contribution in [3.05, 3.63) is 18.6 Å². The van der Waals surface area contributed by atoms with Crippen LogP contribution in [0.1, 0.15) is 6.42 Å². The standard InChI is InChI=1S/C10H15N5OS/c1-17(16)6-2-3-12-9-10-13-4-5-15(10)7-8(11)14-9/h4-5,7H,2-3,6,11H2,1H3,(H,12,14). The van der Waals surface area contributed by atoms with Gasteiger partial charge < -0.3 is 15.5 Å². The largest absolute Gasteiger partial charge is 0.382 e. The Hall–Kier alpha value is -1.63. The number of hydrogen-bond donors (Lipinski definition) is 2. The van der Waals surface area contributed by atoms with Gasteiger partial charge in [-0.25, -0.2) is 9.97 Å². The number of nitrogen functional groups attached to an aromatic ring is 1. The molecular formula is C10H15N5OS. The van der Waals surface area contributed by atoms with Crippen molar-refractivity contribution in [2.24, 2.45) is 0 Å². The lowest BCUT2D eigenvalue weighted by molar-refractivity contribution is 0.685. The first-order valence-corrected chi connectivity index (χ1v) is 7.02. The molecular weight excluding hydrogens is 238 g/mol. The first-order valence-electron chi connectivity index (χ1n) is 5.30. The molecule has 0 spiro atoms. The van der Waals surface area contributed by atoms with Crippen LogP contribution in [0.3, 0.4) is 0 Å². The van der Waals surface area contributed by atoms with Crippen molar-refractivity contribution < 1.29 is 4.21 Å². The minimum Gasteiger partial charge on any atom is -0.382 e. The maximum absolute atomic E-state index is 10.9. The predicted octanol–water partition coefficient (Wildman–Crippen LogP) is 0.492. The summed E-state index contributed by atoms with van der Waals surface area (Å²) in [6, 6.07) is 0. The number of rotatable bonds is 5. The Bertz CT molecular complexity index is 538. The Morgan fingerprint density at radius 2 is 2.41 bits per heavy atom. The molecule has 0 saturated heterocycles. The average molecular weight is 253 g/mol. The van der Waals surface area contributed by atoms with Crippen LogP contribution in [0.25, 0.3) is 5.65 Å². The Morgan fingerprint density at radius 1 is 1.59 bits per heavy atom. The fourth-order valence-electron chi connectivity index (χ4n) is 1.55. The Kier molecular flexibility index (Phi) is 3.58. The summed E-state index contributed by atoms with van der Waals surface area (Å²) in [5.41, 5.74) is 6.44. The van der Waals surface area contributed by atoms with Crippen molar-refractivity contribution in [1.82, 2.24) is 14.4 Å². The van der Waals surface area contributed by atoms with E-state index < -0.39 is 10.8 Å². The normalized spacial score (nSPS) is 12.8. The van der Waals surface area contributed by atoms with Gasteiger partial charge in [-0.05, 0) is 6.42 Å². The third-order valence-corrected chi connectivity index (χ3v) is 3.16. The van der Waals surface area contributed by atoms with E-state index in [1.165, 1.54) is 0 Å². The first-order chi connectivity index (χ1) is 8.16. The van der Waals surface area contributed by atoms with Gasteiger partial charge in [0.2, 0.25) is 0 Å². The predicted molar refractivity (Wildman–Crippen MR) is 69.4 cm³/mol. The number of nitrogens with two attached hydrogens (primary N) is 1. The zero-order valence-corrected chi connectivity index (χ0v) is 10.4. The van der Waals surface area contributed by atoms with Crippen molar-refractivity contribution >= 4 is 28.1 Å². The number of hydrogen-bond acceptors (Lipinski definition) is 5. The second-order valence-electron chi connectivity index (χ2n) is 3.73. The smallest absolute Gasteiger partial charge is 0.180 e. The van der Waals surface area contributed by atoms with Gasteiger partial charge in [-0.2, -0.15) is 0 Å². The number of nitrogens with one attached hydrogen (secondary N) is 1. The molecule has 92 valence electrons. The van der Waals surface area contributed by atoms with Crippen LogP contribution in [0.2, 0.25) is 0 Å². The molecule has 0 bridgehead atoms. The molecule has 0 saturated carbocycles. The van der Waals surface area contributed by atoms with E-state index in [1.54, 1.807) is 18.6 Å². The van der Waals surface area contributed by atoms with E-state index in [1.807, 2.05) is 10.6 Å². The molecule has 0 radical (unpaired) electrons. The molecule has 0 aromatic carbocycles. The molecule has 0 aliphatic heterocycles. The molecule has 2 rings (SSSR count). The van der Waals surface area contributed by atoms with Crippen molar-refractivity contribution in [2.45, 2.75) is 6.42 Å². The summed E-state index contributed by atoms with van der Waals surface area (Å²) in [4.78, 5) is 8.39. The van der Waals surface area contributed by atoms with E-state index in [2.05, 4.69) is 15.3 Å². The number of nitrogens with zero attached hydrogens (tertiary/aromatic N) is 3. The zero-order chi connectivity index (χ0) is 12.3. The van der Waals surface area contributed by atoms with Crippen LogP contribution in [-0.2, 0) is 10.8 Å². The zero-order valence-electron chi connectivity index (χ0n) is 9.59. The molecule has 0 amide bonds. The molecule has 6 nitrogen and oxygen atoms in total. The van der Waals surface area contributed by atoms with Crippen LogP contribution in [0.15, 0.2) is 18.6 Å². The van der Waals surface area contributed by atoms with Gasteiger partial charge in [0.15, 0.2) is 11.5 Å². The molecule has 1 unspecified atom stereocenters. The molecule has 1 atom stereocenters. The highest BCUT2D eigenvalue weighted by atomic mass is 32.2. The van der Waals surface area contributed by atoms with Crippen LogP contribution in [0, 0.1) is 0 Å². The quantitative estimate of drug-likeness (QED) is 0.758. The van der Waals surface area contributed by atoms with Gasteiger partial charge in [-0.3, -0.25) is 4.21 Å². The number of imidazole rings is 1. The molecule has 0 aliphatic carbocycles. The highest BCUT2D eigenvalue weighted by Gasteiger charge is 2.05. The van der Waals surface area contributed by atoms with E-state index >= 15 is 0 Å². The van der Waals surface area contributed by atoms with Crippen LogP contribution in [0.5, 0.6) is 0 Å². The van der Waals surface area contributed by atoms with Crippen LogP contribution >= 0.6 is 0 Å². The van der Waals surface area contributed by atoms with Gasteiger partial charge in [0.25, 0.3) is 0 Å². The number of anilines is 2. The maximum Gasteiger partial charge on any atom is 0.180 e. The molecule has 17 heavy (non-hydrogen) atoms. The lowest BCUT2D eigenvalue weighted by Crippen LogP contribution is -2.09. The summed E-state index contributed by atoms with van der Waals surface area (Å²) < 4.78 is 12.7. The van der Waals surface area contributed by atoms with E-state index in [-0.39, 0.29) is 0 Å². The summed E-state index contributed by atoms with van der Waals surface area (Å²) in [6.45, 7) is 0.707. The van der Waals surface area contributed by atoms with Gasteiger partial charge >= 0.3 is 0 Å². The summed E-state index contributed by atoms with van der Waals surface area (Å²) in [7, 11) is -0.753. The molecule has 0 aliphatic rings. The van der Waals surface area contributed by atoms with Crippen molar-refractivity contribution in [1.29, 1.82) is 0 Å².